The van der Waals surface area contributed by atoms with Gasteiger partial charge in [-0.25, -0.2) is 8.42 Å². The molecule has 1 fully saturated rings. The first kappa shape index (κ1) is 35.1. The number of carbonyl (C=O) groups excluding carboxylic acids is 2. The summed E-state index contributed by atoms with van der Waals surface area (Å²) in [6.45, 7) is 13.1. The van der Waals surface area contributed by atoms with Gasteiger partial charge in [-0.3, -0.25) is 9.59 Å². The molecule has 1 aromatic carbocycles. The Morgan fingerprint density at radius 1 is 1.04 bits per heavy atom. The van der Waals surface area contributed by atoms with E-state index in [2.05, 4.69) is 32.1 Å². The van der Waals surface area contributed by atoms with Crippen LogP contribution in [0.2, 0.25) is 0 Å². The summed E-state index contributed by atoms with van der Waals surface area (Å²) in [5.41, 5.74) is 3.14. The van der Waals surface area contributed by atoms with Crippen LogP contribution in [0.5, 0.6) is 0 Å². The second-order valence-electron chi connectivity index (χ2n) is 14.1. The molecular formula is C37H52O7S. The third kappa shape index (κ3) is 7.82. The van der Waals surface area contributed by atoms with E-state index >= 15 is 0 Å². The van der Waals surface area contributed by atoms with Gasteiger partial charge in [0.05, 0.1) is 16.2 Å². The summed E-state index contributed by atoms with van der Waals surface area (Å²) in [7, 11) is -3.67. The van der Waals surface area contributed by atoms with Crippen LogP contribution in [-0.4, -0.2) is 49.0 Å². The molecule has 0 spiro atoms. The highest BCUT2D eigenvalue weighted by Crippen LogP contribution is 2.59. The standard InChI is InChI=1S/C37H52O7S/c1-23(2)34(40)22-36(45(41,42)31-13-9-8-10-14-31)25(4)32-17-18-33-28(12-11-19-37(32,33)7)15-16-29-20-30(43-26(5)38)21-35(24(29)3)44-27(6)39/h8-10,12-16,23,25,30,32-36,40H,11,17-22H2,1-7H3/t25-,30+,32+,33-,34?,35-,36?,37+/m0/s1. The zero-order valence-electron chi connectivity index (χ0n) is 28.0. The van der Waals surface area contributed by atoms with Crippen LogP contribution in [0.1, 0.15) is 93.4 Å². The molecule has 0 radical (unpaired) electrons. The summed E-state index contributed by atoms with van der Waals surface area (Å²) < 4.78 is 39.3. The van der Waals surface area contributed by atoms with Crippen LogP contribution in [0.25, 0.3) is 0 Å². The quantitative estimate of drug-likeness (QED) is 0.256. The Kier molecular flexibility index (Phi) is 11.2. The number of aliphatic hydroxyl groups is 1. The fourth-order valence-corrected chi connectivity index (χ4v) is 10.4. The Labute approximate surface area is 270 Å². The summed E-state index contributed by atoms with van der Waals surface area (Å²) >= 11 is 0. The van der Waals surface area contributed by atoms with Crippen molar-refractivity contribution in [3.8, 4) is 0 Å². The number of aliphatic hydroxyl groups excluding tert-OH is 1. The Morgan fingerprint density at radius 2 is 1.71 bits per heavy atom. The van der Waals surface area contributed by atoms with Crippen molar-refractivity contribution in [2.75, 3.05) is 0 Å². The number of rotatable bonds is 11. The summed E-state index contributed by atoms with van der Waals surface area (Å²) in [6, 6.07) is 8.68. The van der Waals surface area contributed by atoms with E-state index in [1.165, 1.54) is 19.4 Å². The predicted molar refractivity (Wildman–Crippen MR) is 176 cm³/mol. The van der Waals surface area contributed by atoms with E-state index in [4.69, 9.17) is 9.47 Å². The van der Waals surface area contributed by atoms with Crippen LogP contribution in [-0.2, 0) is 28.9 Å². The van der Waals surface area contributed by atoms with Gasteiger partial charge in [-0.2, -0.15) is 0 Å². The molecule has 1 aromatic rings. The molecular weight excluding hydrogens is 588 g/mol. The Morgan fingerprint density at radius 3 is 2.33 bits per heavy atom. The number of benzene rings is 1. The molecule has 0 bridgehead atoms. The molecule has 8 heteroatoms. The molecule has 3 aliphatic rings. The summed E-state index contributed by atoms with van der Waals surface area (Å²) in [5, 5.41) is 10.3. The number of hydrogen-bond donors (Lipinski definition) is 1. The first-order valence-electron chi connectivity index (χ1n) is 16.5. The predicted octanol–water partition coefficient (Wildman–Crippen LogP) is 7.15. The minimum atomic E-state index is -3.67. The second-order valence-corrected chi connectivity index (χ2v) is 16.3. The number of ether oxygens (including phenoxy) is 2. The summed E-state index contributed by atoms with van der Waals surface area (Å²) in [6.07, 6.45) is 10.1. The largest absolute Gasteiger partial charge is 0.462 e. The average molecular weight is 641 g/mol. The van der Waals surface area contributed by atoms with Gasteiger partial charge >= 0.3 is 11.9 Å². The number of sulfone groups is 1. The molecule has 0 aromatic heterocycles. The number of hydrogen-bond acceptors (Lipinski definition) is 7. The number of allylic oxidation sites excluding steroid dienone is 4. The van der Waals surface area contributed by atoms with E-state index in [-0.39, 0.29) is 53.6 Å². The first-order chi connectivity index (χ1) is 21.1. The van der Waals surface area contributed by atoms with Crippen molar-refractivity contribution >= 4 is 21.8 Å². The highest BCUT2D eigenvalue weighted by molar-refractivity contribution is 7.92. The zero-order chi connectivity index (χ0) is 33.1. The van der Waals surface area contributed by atoms with Gasteiger partial charge in [0.25, 0.3) is 0 Å². The van der Waals surface area contributed by atoms with Crippen molar-refractivity contribution in [3.05, 3.63) is 65.3 Å². The lowest BCUT2D eigenvalue weighted by Gasteiger charge is -2.44. The van der Waals surface area contributed by atoms with Crippen molar-refractivity contribution in [3.63, 3.8) is 0 Å². The lowest BCUT2D eigenvalue weighted by molar-refractivity contribution is -0.151. The molecule has 4 rings (SSSR count). The highest BCUT2D eigenvalue weighted by atomic mass is 32.2. The van der Waals surface area contributed by atoms with Crippen LogP contribution in [0.4, 0.5) is 0 Å². The van der Waals surface area contributed by atoms with Gasteiger partial charge in [0, 0.05) is 26.7 Å². The molecule has 0 saturated heterocycles. The molecule has 0 heterocycles. The van der Waals surface area contributed by atoms with Gasteiger partial charge in [0.15, 0.2) is 9.84 Å². The van der Waals surface area contributed by atoms with E-state index in [0.717, 1.165) is 36.8 Å². The fraction of sp³-hybridized carbons (Fsp3) is 0.622. The monoisotopic (exact) mass is 640 g/mol. The van der Waals surface area contributed by atoms with Crippen LogP contribution < -0.4 is 0 Å². The van der Waals surface area contributed by atoms with Gasteiger partial charge in [-0.05, 0) is 97.0 Å². The molecule has 0 amide bonds. The molecule has 3 aliphatic carbocycles. The van der Waals surface area contributed by atoms with Crippen molar-refractivity contribution < 1.29 is 32.6 Å². The zero-order valence-corrected chi connectivity index (χ0v) is 28.8. The van der Waals surface area contributed by atoms with Gasteiger partial charge in [0.2, 0.25) is 0 Å². The molecule has 1 N–H and O–H groups in total. The lowest BCUT2D eigenvalue weighted by atomic mass is 9.62. The van der Waals surface area contributed by atoms with Crippen LogP contribution in [0.15, 0.2) is 70.2 Å². The lowest BCUT2D eigenvalue weighted by Crippen LogP contribution is -2.42. The maximum absolute atomic E-state index is 14.1. The van der Waals surface area contributed by atoms with E-state index in [9.17, 15) is 23.1 Å². The fourth-order valence-electron chi connectivity index (χ4n) is 8.26. The Hall–Kier alpha value is -2.71. The normalized spacial score (nSPS) is 29.2. The maximum atomic E-state index is 14.1. The number of esters is 2. The van der Waals surface area contributed by atoms with Crippen molar-refractivity contribution in [1.29, 1.82) is 0 Å². The highest BCUT2D eigenvalue weighted by Gasteiger charge is 2.53. The first-order valence-corrected chi connectivity index (χ1v) is 18.1. The molecule has 8 atom stereocenters. The van der Waals surface area contributed by atoms with Crippen LogP contribution in [0, 0.1) is 29.1 Å². The van der Waals surface area contributed by atoms with E-state index in [0.29, 0.717) is 17.7 Å². The van der Waals surface area contributed by atoms with E-state index < -0.39 is 27.3 Å². The third-order valence-electron chi connectivity index (χ3n) is 10.8. The van der Waals surface area contributed by atoms with Gasteiger partial charge in [-0.15, -0.1) is 0 Å². The van der Waals surface area contributed by atoms with Gasteiger partial charge in [-0.1, -0.05) is 64.1 Å². The molecule has 45 heavy (non-hydrogen) atoms. The van der Waals surface area contributed by atoms with Crippen molar-refractivity contribution in [2.45, 2.75) is 122 Å². The number of carbonyl (C=O) groups is 2. The molecule has 0 aliphatic heterocycles. The minimum absolute atomic E-state index is 0.0367. The SMILES string of the molecule is CC(=O)O[C@@H]1CC(C=CC2=CCC[C@]3(C)[C@@H]([C@H](C)C(CC(O)C(C)C)S(=O)(=O)c4ccccc4)CC[C@@H]23)=C(C)[C@@H](OC(C)=O)C1. The molecule has 1 saturated carbocycles. The summed E-state index contributed by atoms with van der Waals surface area (Å²) in [4.78, 5) is 23.9. The third-order valence-corrected chi connectivity index (χ3v) is 13.2. The summed E-state index contributed by atoms with van der Waals surface area (Å²) in [5.74, 6) is -0.432. The van der Waals surface area contributed by atoms with Gasteiger partial charge < -0.3 is 14.6 Å². The van der Waals surface area contributed by atoms with Crippen LogP contribution in [0.3, 0.4) is 0 Å². The molecule has 248 valence electrons. The molecule has 2 unspecified atom stereocenters. The topological polar surface area (TPSA) is 107 Å². The smallest absolute Gasteiger partial charge is 0.303 e. The number of fused-ring (bicyclic) bond motifs is 1. The van der Waals surface area contributed by atoms with Crippen molar-refractivity contribution in [1.82, 2.24) is 0 Å². The van der Waals surface area contributed by atoms with Gasteiger partial charge in [0.1, 0.15) is 12.2 Å². The second kappa shape index (κ2) is 14.4. The van der Waals surface area contributed by atoms with E-state index in [1.54, 1.807) is 24.3 Å². The molecule has 7 nitrogen and oxygen atoms in total. The maximum Gasteiger partial charge on any atom is 0.303 e. The van der Waals surface area contributed by atoms with E-state index in [1.807, 2.05) is 26.8 Å². The van der Waals surface area contributed by atoms with Crippen LogP contribution >= 0.6 is 0 Å². The minimum Gasteiger partial charge on any atom is -0.462 e. The Balaban J connectivity index is 1.61. The van der Waals surface area contributed by atoms with Crippen molar-refractivity contribution in [2.24, 2.45) is 29.1 Å². The Bertz CT molecular complexity index is 1420. The average Bonchev–Trinajstić information content (AvgIpc) is 3.33.